The minimum absolute atomic E-state index is 0.654. The molecule has 0 bridgehead atoms. The summed E-state index contributed by atoms with van der Waals surface area (Å²) in [6.45, 7) is 0. The molecule has 0 amide bonds. The molecule has 1 aliphatic rings. The maximum atomic E-state index is 11.1. The van der Waals surface area contributed by atoms with Crippen LogP contribution in [-0.4, -0.2) is 12.6 Å². The van der Waals surface area contributed by atoms with E-state index in [0.717, 1.165) is 38.3 Å². The summed E-state index contributed by atoms with van der Waals surface area (Å²) >= 11 is 0. The first kappa shape index (κ1) is 13.4. The van der Waals surface area contributed by atoms with Gasteiger partial charge in [-0.15, -0.1) is 0 Å². The van der Waals surface area contributed by atoms with Gasteiger partial charge >= 0.3 is 0 Å². The van der Waals surface area contributed by atoms with Crippen LogP contribution in [0.15, 0.2) is 0 Å². The smallest absolute Gasteiger partial charge is 0.133 e. The fourth-order valence-corrected chi connectivity index (χ4v) is 2.53. The van der Waals surface area contributed by atoms with E-state index in [4.69, 9.17) is 0 Å². The van der Waals surface area contributed by atoms with Gasteiger partial charge in [0.15, 0.2) is 0 Å². The SMILES string of the molecule is O=CC1(C=O)CCCCCCCCCCC1. The predicted octanol–water partition coefficient (Wildman–Crippen LogP) is 3.68. The van der Waals surface area contributed by atoms with Gasteiger partial charge in [-0.3, -0.25) is 0 Å². The fourth-order valence-electron chi connectivity index (χ4n) is 2.53. The molecule has 1 aliphatic carbocycles. The van der Waals surface area contributed by atoms with Gasteiger partial charge in [-0.25, -0.2) is 0 Å². The number of aldehydes is 2. The van der Waals surface area contributed by atoms with Gasteiger partial charge in [0.2, 0.25) is 0 Å². The van der Waals surface area contributed by atoms with Crippen molar-refractivity contribution in [2.75, 3.05) is 0 Å². The Labute approximate surface area is 98.8 Å². The van der Waals surface area contributed by atoms with Crippen LogP contribution in [0.3, 0.4) is 0 Å². The molecule has 0 heterocycles. The normalized spacial score (nSPS) is 23.8. The summed E-state index contributed by atoms with van der Waals surface area (Å²) in [5, 5.41) is 0. The van der Waals surface area contributed by atoms with Crippen LogP contribution in [0.4, 0.5) is 0 Å². The Bertz CT molecular complexity index is 189. The molecule has 0 aromatic carbocycles. The lowest BCUT2D eigenvalue weighted by Crippen LogP contribution is -2.24. The summed E-state index contributed by atoms with van der Waals surface area (Å²) in [4.78, 5) is 22.2. The van der Waals surface area contributed by atoms with Gasteiger partial charge in [0.1, 0.15) is 12.6 Å². The van der Waals surface area contributed by atoms with E-state index in [0.29, 0.717) is 0 Å². The second-order valence-corrected chi connectivity index (χ2v) is 5.15. The highest BCUT2D eigenvalue weighted by molar-refractivity contribution is 5.83. The van der Waals surface area contributed by atoms with Crippen molar-refractivity contribution in [2.45, 2.75) is 70.6 Å². The molecule has 1 rings (SSSR count). The summed E-state index contributed by atoms with van der Waals surface area (Å²) in [7, 11) is 0. The molecule has 1 saturated carbocycles. The molecule has 0 atom stereocenters. The molecule has 2 nitrogen and oxygen atoms in total. The van der Waals surface area contributed by atoms with Crippen LogP contribution in [-0.2, 0) is 9.59 Å². The van der Waals surface area contributed by atoms with Crippen molar-refractivity contribution in [3.05, 3.63) is 0 Å². The van der Waals surface area contributed by atoms with E-state index >= 15 is 0 Å². The Morgan fingerprint density at radius 1 is 0.562 bits per heavy atom. The van der Waals surface area contributed by atoms with Gasteiger partial charge in [0, 0.05) is 0 Å². The summed E-state index contributed by atoms with van der Waals surface area (Å²) in [5.74, 6) is 0. The summed E-state index contributed by atoms with van der Waals surface area (Å²) < 4.78 is 0. The minimum Gasteiger partial charge on any atom is -0.302 e. The van der Waals surface area contributed by atoms with Crippen molar-refractivity contribution in [3.8, 4) is 0 Å². The fraction of sp³-hybridized carbons (Fsp3) is 0.857. The van der Waals surface area contributed by atoms with E-state index in [1.807, 2.05) is 0 Å². The van der Waals surface area contributed by atoms with Crippen LogP contribution in [0.5, 0.6) is 0 Å². The molecule has 0 saturated heterocycles. The van der Waals surface area contributed by atoms with Crippen LogP contribution in [0.1, 0.15) is 70.6 Å². The van der Waals surface area contributed by atoms with Crippen molar-refractivity contribution in [1.82, 2.24) is 0 Å². The number of hydrogen-bond donors (Lipinski definition) is 0. The van der Waals surface area contributed by atoms with E-state index in [-0.39, 0.29) is 0 Å². The lowest BCUT2D eigenvalue weighted by atomic mass is 9.80. The van der Waals surface area contributed by atoms with Gasteiger partial charge < -0.3 is 9.59 Å². The molecule has 0 radical (unpaired) electrons. The zero-order valence-corrected chi connectivity index (χ0v) is 10.2. The number of carbonyl (C=O) groups excluding carboxylic acids is 2. The highest BCUT2D eigenvalue weighted by atomic mass is 16.1. The average molecular weight is 224 g/mol. The van der Waals surface area contributed by atoms with Crippen molar-refractivity contribution >= 4 is 12.6 Å². The molecule has 2 heteroatoms. The van der Waals surface area contributed by atoms with Crippen molar-refractivity contribution in [1.29, 1.82) is 0 Å². The molecular formula is C14H24O2. The van der Waals surface area contributed by atoms with Gasteiger partial charge in [0.05, 0.1) is 5.41 Å². The lowest BCUT2D eigenvalue weighted by Gasteiger charge is -2.21. The van der Waals surface area contributed by atoms with Crippen LogP contribution in [0.25, 0.3) is 0 Å². The summed E-state index contributed by atoms with van der Waals surface area (Å²) in [6.07, 6.45) is 14.2. The quantitative estimate of drug-likeness (QED) is 0.529. The topological polar surface area (TPSA) is 34.1 Å². The monoisotopic (exact) mass is 224 g/mol. The van der Waals surface area contributed by atoms with E-state index in [1.54, 1.807) is 0 Å². The second kappa shape index (κ2) is 7.59. The van der Waals surface area contributed by atoms with Gasteiger partial charge in [-0.1, -0.05) is 57.8 Å². The van der Waals surface area contributed by atoms with E-state index in [1.165, 1.54) is 44.9 Å². The van der Waals surface area contributed by atoms with Gasteiger partial charge in [0.25, 0.3) is 0 Å². The maximum absolute atomic E-state index is 11.1. The Kier molecular flexibility index (Phi) is 6.36. The van der Waals surface area contributed by atoms with Crippen LogP contribution >= 0.6 is 0 Å². The molecule has 0 aromatic heterocycles. The Hall–Kier alpha value is -0.660. The molecule has 0 spiro atoms. The Morgan fingerprint density at radius 3 is 1.19 bits per heavy atom. The number of carbonyl (C=O) groups is 2. The van der Waals surface area contributed by atoms with E-state index in [9.17, 15) is 9.59 Å². The minimum atomic E-state index is -0.654. The lowest BCUT2D eigenvalue weighted by molar-refractivity contribution is -0.127. The molecule has 0 N–H and O–H groups in total. The molecule has 0 aliphatic heterocycles. The highest BCUT2D eigenvalue weighted by Gasteiger charge is 2.28. The third kappa shape index (κ3) is 4.46. The van der Waals surface area contributed by atoms with Crippen molar-refractivity contribution in [3.63, 3.8) is 0 Å². The third-order valence-electron chi connectivity index (χ3n) is 3.75. The van der Waals surface area contributed by atoms with Crippen molar-refractivity contribution < 1.29 is 9.59 Å². The van der Waals surface area contributed by atoms with Crippen LogP contribution < -0.4 is 0 Å². The largest absolute Gasteiger partial charge is 0.302 e. The number of hydrogen-bond acceptors (Lipinski definition) is 2. The maximum Gasteiger partial charge on any atom is 0.133 e. The Balaban J connectivity index is 2.47. The summed E-state index contributed by atoms with van der Waals surface area (Å²) in [5.41, 5.74) is -0.654. The van der Waals surface area contributed by atoms with Gasteiger partial charge in [-0.2, -0.15) is 0 Å². The first-order valence-corrected chi connectivity index (χ1v) is 6.76. The van der Waals surface area contributed by atoms with E-state index in [2.05, 4.69) is 0 Å². The van der Waals surface area contributed by atoms with Crippen LogP contribution in [0, 0.1) is 5.41 Å². The number of rotatable bonds is 2. The van der Waals surface area contributed by atoms with Crippen molar-refractivity contribution in [2.24, 2.45) is 5.41 Å². The summed E-state index contributed by atoms with van der Waals surface area (Å²) in [6, 6.07) is 0. The highest BCUT2D eigenvalue weighted by Crippen LogP contribution is 2.28. The first-order valence-electron chi connectivity index (χ1n) is 6.76. The standard InChI is InChI=1S/C14H24O2/c15-12-14(13-16)10-8-6-4-2-1-3-5-7-9-11-14/h12-13H,1-11H2. The zero-order chi connectivity index (χ0) is 11.7. The molecule has 16 heavy (non-hydrogen) atoms. The zero-order valence-electron chi connectivity index (χ0n) is 10.2. The van der Waals surface area contributed by atoms with Crippen LogP contribution in [0.2, 0.25) is 0 Å². The van der Waals surface area contributed by atoms with Gasteiger partial charge in [-0.05, 0) is 12.8 Å². The third-order valence-corrected chi connectivity index (χ3v) is 3.75. The Morgan fingerprint density at radius 2 is 0.875 bits per heavy atom. The first-order chi connectivity index (χ1) is 7.83. The molecule has 92 valence electrons. The molecular weight excluding hydrogens is 200 g/mol. The predicted molar refractivity (Wildman–Crippen MR) is 65.3 cm³/mol. The second-order valence-electron chi connectivity index (χ2n) is 5.15. The molecule has 0 unspecified atom stereocenters. The average Bonchev–Trinajstić information content (AvgIpc) is 2.31. The molecule has 0 aromatic rings. The van der Waals surface area contributed by atoms with E-state index < -0.39 is 5.41 Å². The molecule has 1 fully saturated rings.